The van der Waals surface area contributed by atoms with Gasteiger partial charge in [-0.1, -0.05) is 6.58 Å². The molecule has 0 aliphatic carbocycles. The van der Waals surface area contributed by atoms with Gasteiger partial charge in [0.25, 0.3) is 5.91 Å². The summed E-state index contributed by atoms with van der Waals surface area (Å²) in [6, 6.07) is 0. The van der Waals surface area contributed by atoms with Gasteiger partial charge in [0.2, 0.25) is 0 Å². The Labute approximate surface area is 84.4 Å². The largest absolute Gasteiger partial charge is 0.362 e. The van der Waals surface area contributed by atoms with Crippen LogP contribution in [0, 0.1) is 0 Å². The third-order valence-electron chi connectivity index (χ3n) is 0.965. The molecule has 0 aliphatic heterocycles. The molecule has 0 fully saturated rings. The zero-order chi connectivity index (χ0) is 11.6. The van der Waals surface area contributed by atoms with E-state index in [1.165, 1.54) is 6.92 Å². The predicted octanol–water partition coefficient (Wildman–Crippen LogP) is 0.739. The van der Waals surface area contributed by atoms with Crippen molar-refractivity contribution in [3.63, 3.8) is 0 Å². The van der Waals surface area contributed by atoms with Crippen molar-refractivity contribution in [1.82, 2.24) is 4.72 Å². The van der Waals surface area contributed by atoms with Gasteiger partial charge in [0.1, 0.15) is 0 Å². The van der Waals surface area contributed by atoms with Gasteiger partial charge in [-0.25, -0.2) is 8.91 Å². The summed E-state index contributed by atoms with van der Waals surface area (Å²) >= 11 is 0. The second kappa shape index (κ2) is 4.10. The normalized spacial score (nSPS) is 12.3. The van der Waals surface area contributed by atoms with Crippen molar-refractivity contribution < 1.29 is 17.4 Å². The molecule has 0 heterocycles. The van der Waals surface area contributed by atoms with Crippen LogP contribution >= 0.6 is 0 Å². The summed E-state index contributed by atoms with van der Waals surface area (Å²) < 4.78 is 28.7. The highest BCUT2D eigenvalue weighted by atomic mass is 32.2. The van der Waals surface area contributed by atoms with Crippen LogP contribution in [0.5, 0.6) is 0 Å². The second-order valence-corrected chi connectivity index (χ2v) is 5.14. The fraction of sp³-hybridized carbons (Fsp3) is 0.625. The Morgan fingerprint density at radius 1 is 1.36 bits per heavy atom. The van der Waals surface area contributed by atoms with E-state index in [1.807, 2.05) is 0 Å². The summed E-state index contributed by atoms with van der Waals surface area (Å²) in [7, 11) is -4.04. The average molecular weight is 221 g/mol. The molecule has 14 heavy (non-hydrogen) atoms. The van der Waals surface area contributed by atoms with Crippen molar-refractivity contribution in [3.05, 3.63) is 12.2 Å². The van der Waals surface area contributed by atoms with E-state index >= 15 is 0 Å². The Hall–Kier alpha value is -0.880. The molecule has 0 saturated carbocycles. The molecular formula is C8H15NO4S. The first kappa shape index (κ1) is 13.1. The molecule has 1 amide bonds. The molecule has 0 unspecified atom stereocenters. The number of amides is 1. The van der Waals surface area contributed by atoms with Crippen LogP contribution in [0.3, 0.4) is 0 Å². The molecule has 0 rings (SSSR count). The lowest BCUT2D eigenvalue weighted by Crippen LogP contribution is -2.37. The molecule has 0 aromatic heterocycles. The highest BCUT2D eigenvalue weighted by molar-refractivity contribution is 7.85. The zero-order valence-corrected chi connectivity index (χ0v) is 9.56. The predicted molar refractivity (Wildman–Crippen MR) is 52.7 cm³/mol. The molecule has 6 heteroatoms. The number of rotatable bonds is 3. The van der Waals surface area contributed by atoms with Crippen LogP contribution in [-0.2, 0) is 19.3 Å². The minimum absolute atomic E-state index is 0.103. The molecule has 0 atom stereocenters. The maximum absolute atomic E-state index is 11.2. The first-order chi connectivity index (χ1) is 6.03. The maximum Gasteiger partial charge on any atom is 0.362 e. The maximum atomic E-state index is 11.2. The highest BCUT2D eigenvalue weighted by Gasteiger charge is 2.23. The van der Waals surface area contributed by atoms with Crippen LogP contribution in [0.4, 0.5) is 0 Å². The van der Waals surface area contributed by atoms with Crippen LogP contribution in [0.2, 0.25) is 0 Å². The standard InChI is InChI=1S/C8H15NO4S/c1-6(2)7(10)9-14(11,12)13-8(3,4)5/h1H2,2-5H3,(H,9,10). The monoisotopic (exact) mass is 221 g/mol. The van der Waals surface area contributed by atoms with Gasteiger partial charge in [0, 0.05) is 5.57 Å². The SMILES string of the molecule is C=C(C)C(=O)NS(=O)(=O)OC(C)(C)C. The van der Waals surface area contributed by atoms with Gasteiger partial charge < -0.3 is 0 Å². The van der Waals surface area contributed by atoms with Gasteiger partial charge in [-0.05, 0) is 27.7 Å². The van der Waals surface area contributed by atoms with Crippen LogP contribution < -0.4 is 4.72 Å². The summed E-state index contributed by atoms with van der Waals surface area (Å²) in [5.41, 5.74) is -0.771. The summed E-state index contributed by atoms with van der Waals surface area (Å²) in [6.07, 6.45) is 0. The van der Waals surface area contributed by atoms with E-state index < -0.39 is 21.8 Å². The van der Waals surface area contributed by atoms with Gasteiger partial charge in [-0.3, -0.25) is 4.79 Å². The Kier molecular flexibility index (Phi) is 3.84. The number of hydrogen-bond donors (Lipinski definition) is 1. The van der Waals surface area contributed by atoms with Crippen molar-refractivity contribution in [2.45, 2.75) is 33.3 Å². The van der Waals surface area contributed by atoms with Crippen LogP contribution in [-0.4, -0.2) is 19.9 Å². The second-order valence-electron chi connectivity index (χ2n) is 3.86. The van der Waals surface area contributed by atoms with Crippen molar-refractivity contribution >= 4 is 16.2 Å². The summed E-state index contributed by atoms with van der Waals surface area (Å²) in [5, 5.41) is 0. The summed E-state index contributed by atoms with van der Waals surface area (Å²) in [5.74, 6) is -0.769. The summed E-state index contributed by atoms with van der Waals surface area (Å²) in [6.45, 7) is 9.41. The van der Waals surface area contributed by atoms with E-state index in [1.54, 1.807) is 25.5 Å². The fourth-order valence-corrected chi connectivity index (χ4v) is 1.65. The molecule has 82 valence electrons. The Morgan fingerprint density at radius 3 is 2.07 bits per heavy atom. The Bertz CT molecular complexity index is 337. The van der Waals surface area contributed by atoms with Gasteiger partial charge in [0.05, 0.1) is 5.60 Å². The van der Waals surface area contributed by atoms with E-state index in [-0.39, 0.29) is 5.57 Å². The highest BCUT2D eigenvalue weighted by Crippen LogP contribution is 2.10. The molecule has 1 N–H and O–H groups in total. The quantitative estimate of drug-likeness (QED) is 0.713. The lowest BCUT2D eigenvalue weighted by molar-refractivity contribution is -0.115. The van der Waals surface area contributed by atoms with Gasteiger partial charge in [0.15, 0.2) is 0 Å². The van der Waals surface area contributed by atoms with Crippen molar-refractivity contribution in [2.75, 3.05) is 0 Å². The van der Waals surface area contributed by atoms with Crippen molar-refractivity contribution in [1.29, 1.82) is 0 Å². The smallest absolute Gasteiger partial charge is 0.269 e. The van der Waals surface area contributed by atoms with Gasteiger partial charge in [-0.2, -0.15) is 8.42 Å². The van der Waals surface area contributed by atoms with Crippen LogP contribution in [0.15, 0.2) is 12.2 Å². The van der Waals surface area contributed by atoms with E-state index in [4.69, 9.17) is 0 Å². The van der Waals surface area contributed by atoms with Crippen LogP contribution in [0.25, 0.3) is 0 Å². The molecule has 0 spiro atoms. The molecule has 0 bridgehead atoms. The van der Waals surface area contributed by atoms with Crippen LogP contribution in [0.1, 0.15) is 27.7 Å². The lowest BCUT2D eigenvalue weighted by atomic mass is 10.2. The Balaban J connectivity index is 4.53. The topological polar surface area (TPSA) is 72.5 Å². The molecule has 0 aromatic rings. The zero-order valence-electron chi connectivity index (χ0n) is 8.75. The molecule has 5 nitrogen and oxygen atoms in total. The molecule has 0 saturated heterocycles. The fourth-order valence-electron chi connectivity index (χ4n) is 0.551. The first-order valence-electron chi connectivity index (χ1n) is 3.97. The molecule has 0 aliphatic rings. The van der Waals surface area contributed by atoms with Crippen molar-refractivity contribution in [2.24, 2.45) is 0 Å². The molecular weight excluding hydrogens is 206 g/mol. The van der Waals surface area contributed by atoms with E-state index in [9.17, 15) is 13.2 Å². The molecule has 0 radical (unpaired) electrons. The van der Waals surface area contributed by atoms with E-state index in [0.29, 0.717) is 0 Å². The third-order valence-corrected chi connectivity index (χ3v) is 2.12. The Morgan fingerprint density at radius 2 is 1.79 bits per heavy atom. The van der Waals surface area contributed by atoms with E-state index in [2.05, 4.69) is 10.8 Å². The summed E-state index contributed by atoms with van der Waals surface area (Å²) in [4.78, 5) is 11.0. The van der Waals surface area contributed by atoms with Crippen molar-refractivity contribution in [3.8, 4) is 0 Å². The van der Waals surface area contributed by atoms with E-state index in [0.717, 1.165) is 0 Å². The first-order valence-corrected chi connectivity index (χ1v) is 5.37. The number of hydrogen-bond acceptors (Lipinski definition) is 4. The lowest BCUT2D eigenvalue weighted by Gasteiger charge is -2.18. The van der Waals surface area contributed by atoms with Gasteiger partial charge >= 0.3 is 10.3 Å². The number of nitrogens with one attached hydrogen (secondary N) is 1. The van der Waals surface area contributed by atoms with Gasteiger partial charge in [-0.15, -0.1) is 0 Å². The average Bonchev–Trinajstić information content (AvgIpc) is 1.78. The molecule has 0 aromatic carbocycles. The third kappa shape index (κ3) is 5.71. The minimum atomic E-state index is -4.04. The number of carbonyl (C=O) groups excluding carboxylic acids is 1. The number of carbonyl (C=O) groups is 1. The minimum Gasteiger partial charge on any atom is -0.269 e.